The number of benzene rings is 2. The zero-order valence-corrected chi connectivity index (χ0v) is 15.5. The molecule has 0 saturated carbocycles. The molecule has 0 radical (unpaired) electrons. The second-order valence-electron chi connectivity index (χ2n) is 5.76. The maximum absolute atomic E-state index is 13.0. The van der Waals surface area contributed by atoms with E-state index in [1.54, 1.807) is 18.2 Å². The Kier molecular flexibility index (Phi) is 4.25. The molecule has 122 valence electrons. The van der Waals surface area contributed by atoms with E-state index in [9.17, 15) is 8.42 Å². The summed E-state index contributed by atoms with van der Waals surface area (Å²) in [6.45, 7) is 5.22. The quantitative estimate of drug-likeness (QED) is 0.861. The second-order valence-corrected chi connectivity index (χ2v) is 8.57. The van der Waals surface area contributed by atoms with Gasteiger partial charge in [0, 0.05) is 11.0 Å². The minimum atomic E-state index is -3.51. The van der Waals surface area contributed by atoms with Crippen molar-refractivity contribution in [2.75, 3.05) is 18.0 Å². The summed E-state index contributed by atoms with van der Waals surface area (Å²) in [5.41, 5.74) is 9.25. The summed E-state index contributed by atoms with van der Waals surface area (Å²) in [4.78, 5) is 2.83. The standard InChI is InChI=1S/C17H19BrN2O2S/c1-11-4-6-16-17(12(11)2)20(9-3-8-19)14-10-13(18)5-7-15(14)23(16,21)22/h4-7,10H,3,8-9,19H2,1-2H3. The maximum atomic E-state index is 13.0. The average Bonchev–Trinajstić information content (AvgIpc) is 2.50. The van der Waals surface area contributed by atoms with Gasteiger partial charge in [-0.2, -0.15) is 0 Å². The summed E-state index contributed by atoms with van der Waals surface area (Å²) >= 11 is 3.45. The molecule has 1 heterocycles. The van der Waals surface area contributed by atoms with Crippen LogP contribution in [0.4, 0.5) is 11.4 Å². The summed E-state index contributed by atoms with van der Waals surface area (Å²) in [5.74, 6) is 0. The summed E-state index contributed by atoms with van der Waals surface area (Å²) in [5, 5.41) is 0. The van der Waals surface area contributed by atoms with Crippen molar-refractivity contribution < 1.29 is 8.42 Å². The Morgan fingerprint density at radius 3 is 2.52 bits per heavy atom. The van der Waals surface area contributed by atoms with Crippen LogP contribution in [0.15, 0.2) is 44.6 Å². The van der Waals surface area contributed by atoms with Gasteiger partial charge in [0.2, 0.25) is 9.84 Å². The molecule has 0 aromatic heterocycles. The van der Waals surface area contributed by atoms with E-state index in [1.165, 1.54) is 0 Å². The molecule has 0 aliphatic carbocycles. The predicted octanol–water partition coefficient (Wildman–Crippen LogP) is 3.70. The van der Waals surface area contributed by atoms with E-state index in [2.05, 4.69) is 20.8 Å². The number of halogens is 1. The maximum Gasteiger partial charge on any atom is 0.210 e. The monoisotopic (exact) mass is 394 g/mol. The fraction of sp³-hybridized carbons (Fsp3) is 0.294. The molecule has 23 heavy (non-hydrogen) atoms. The second kappa shape index (κ2) is 5.92. The van der Waals surface area contributed by atoms with Crippen molar-refractivity contribution in [1.82, 2.24) is 0 Å². The zero-order chi connectivity index (χ0) is 16.8. The molecule has 2 aromatic rings. The van der Waals surface area contributed by atoms with Crippen LogP contribution in [0, 0.1) is 13.8 Å². The Morgan fingerprint density at radius 1 is 1.13 bits per heavy atom. The minimum absolute atomic E-state index is 0.355. The molecule has 3 rings (SSSR count). The topological polar surface area (TPSA) is 63.4 Å². The lowest BCUT2D eigenvalue weighted by Crippen LogP contribution is -2.29. The number of sulfone groups is 1. The SMILES string of the molecule is Cc1ccc2c(c1C)N(CCCN)c1cc(Br)ccc1S2(=O)=O. The molecule has 1 aliphatic rings. The fourth-order valence-corrected chi connectivity index (χ4v) is 5.02. The third-order valence-electron chi connectivity index (χ3n) is 4.31. The Balaban J connectivity index is 2.35. The third-order valence-corrected chi connectivity index (χ3v) is 6.64. The normalized spacial score (nSPS) is 15.2. The molecule has 2 aromatic carbocycles. The predicted molar refractivity (Wildman–Crippen MR) is 96.2 cm³/mol. The van der Waals surface area contributed by atoms with Gasteiger partial charge >= 0.3 is 0 Å². The number of nitrogens with zero attached hydrogens (tertiary/aromatic N) is 1. The van der Waals surface area contributed by atoms with Crippen molar-refractivity contribution in [3.63, 3.8) is 0 Å². The van der Waals surface area contributed by atoms with Crippen LogP contribution in [0.2, 0.25) is 0 Å². The van der Waals surface area contributed by atoms with Crippen LogP contribution in [0.25, 0.3) is 0 Å². The van der Waals surface area contributed by atoms with Gasteiger partial charge in [-0.3, -0.25) is 0 Å². The van der Waals surface area contributed by atoms with Crippen LogP contribution in [0.1, 0.15) is 17.5 Å². The molecule has 0 spiro atoms. The summed E-state index contributed by atoms with van der Waals surface area (Å²) in [6.07, 6.45) is 0.790. The van der Waals surface area contributed by atoms with Gasteiger partial charge in [-0.05, 0) is 62.2 Å². The van der Waals surface area contributed by atoms with E-state index in [-0.39, 0.29) is 0 Å². The molecule has 0 saturated heterocycles. The largest absolute Gasteiger partial charge is 0.339 e. The van der Waals surface area contributed by atoms with Gasteiger partial charge in [0.05, 0.1) is 21.2 Å². The van der Waals surface area contributed by atoms with Crippen molar-refractivity contribution in [2.24, 2.45) is 5.73 Å². The highest BCUT2D eigenvalue weighted by Gasteiger charge is 2.35. The first-order valence-corrected chi connectivity index (χ1v) is 9.78. The molecule has 0 amide bonds. The molecule has 1 aliphatic heterocycles. The first-order valence-electron chi connectivity index (χ1n) is 7.50. The number of fused-ring (bicyclic) bond motifs is 2. The molecule has 4 nitrogen and oxygen atoms in total. The van der Waals surface area contributed by atoms with Crippen molar-refractivity contribution >= 4 is 37.1 Å². The number of anilines is 2. The van der Waals surface area contributed by atoms with Crippen molar-refractivity contribution in [3.8, 4) is 0 Å². The third kappa shape index (κ3) is 2.58. The van der Waals surface area contributed by atoms with E-state index in [0.29, 0.717) is 28.6 Å². The zero-order valence-electron chi connectivity index (χ0n) is 13.1. The lowest BCUT2D eigenvalue weighted by Gasteiger charge is -2.34. The molecule has 0 fully saturated rings. The van der Waals surface area contributed by atoms with Gasteiger partial charge in [0.15, 0.2) is 0 Å². The molecule has 6 heteroatoms. The van der Waals surface area contributed by atoms with Crippen molar-refractivity contribution in [2.45, 2.75) is 30.1 Å². The highest BCUT2D eigenvalue weighted by molar-refractivity contribution is 9.10. The van der Waals surface area contributed by atoms with Crippen LogP contribution in [0.5, 0.6) is 0 Å². The molecular weight excluding hydrogens is 376 g/mol. The lowest BCUT2D eigenvalue weighted by atomic mass is 10.1. The number of hydrogen-bond acceptors (Lipinski definition) is 4. The van der Waals surface area contributed by atoms with Crippen LogP contribution in [0.3, 0.4) is 0 Å². The Morgan fingerprint density at radius 2 is 1.83 bits per heavy atom. The Bertz CT molecular complexity index is 878. The van der Waals surface area contributed by atoms with Crippen LogP contribution in [-0.4, -0.2) is 21.5 Å². The van der Waals surface area contributed by atoms with Crippen LogP contribution < -0.4 is 10.6 Å². The van der Waals surface area contributed by atoms with E-state index in [4.69, 9.17) is 5.73 Å². The Labute approximate surface area is 145 Å². The summed E-state index contributed by atoms with van der Waals surface area (Å²) in [7, 11) is -3.51. The van der Waals surface area contributed by atoms with Crippen molar-refractivity contribution in [1.29, 1.82) is 0 Å². The lowest BCUT2D eigenvalue weighted by molar-refractivity contribution is 0.593. The summed E-state index contributed by atoms with van der Waals surface area (Å²) < 4.78 is 26.9. The van der Waals surface area contributed by atoms with Crippen LogP contribution in [-0.2, 0) is 9.84 Å². The van der Waals surface area contributed by atoms with E-state index in [0.717, 1.165) is 27.7 Å². The molecular formula is C17H19BrN2O2S. The van der Waals surface area contributed by atoms with E-state index >= 15 is 0 Å². The highest BCUT2D eigenvalue weighted by atomic mass is 79.9. The van der Waals surface area contributed by atoms with Gasteiger partial charge in [-0.25, -0.2) is 8.42 Å². The van der Waals surface area contributed by atoms with Gasteiger partial charge < -0.3 is 10.6 Å². The molecule has 0 bridgehead atoms. The first-order chi connectivity index (χ1) is 10.9. The minimum Gasteiger partial charge on any atom is -0.339 e. The van der Waals surface area contributed by atoms with Gasteiger partial charge in [0.25, 0.3) is 0 Å². The molecule has 0 unspecified atom stereocenters. The number of nitrogens with two attached hydrogens (primary N) is 1. The number of aryl methyl sites for hydroxylation is 1. The van der Waals surface area contributed by atoms with Crippen LogP contribution >= 0.6 is 15.9 Å². The highest BCUT2D eigenvalue weighted by Crippen LogP contribution is 2.47. The smallest absolute Gasteiger partial charge is 0.210 e. The average molecular weight is 395 g/mol. The van der Waals surface area contributed by atoms with Gasteiger partial charge in [-0.15, -0.1) is 0 Å². The first kappa shape index (κ1) is 16.5. The number of hydrogen-bond donors (Lipinski definition) is 1. The Hall–Kier alpha value is -1.37. The number of rotatable bonds is 3. The van der Waals surface area contributed by atoms with E-state index in [1.807, 2.05) is 26.0 Å². The van der Waals surface area contributed by atoms with Gasteiger partial charge in [-0.1, -0.05) is 22.0 Å². The molecule has 2 N–H and O–H groups in total. The molecule has 0 atom stereocenters. The summed E-state index contributed by atoms with van der Waals surface area (Å²) in [6, 6.07) is 8.89. The fourth-order valence-electron chi connectivity index (χ4n) is 2.98. The van der Waals surface area contributed by atoms with Gasteiger partial charge in [0.1, 0.15) is 0 Å². The van der Waals surface area contributed by atoms with Crippen molar-refractivity contribution in [3.05, 3.63) is 45.9 Å². The van der Waals surface area contributed by atoms with E-state index < -0.39 is 9.84 Å².